The Hall–Kier alpha value is -0.540. The minimum atomic E-state index is 1.10. The summed E-state index contributed by atoms with van der Waals surface area (Å²) >= 11 is 3.49. The summed E-state index contributed by atoms with van der Waals surface area (Å²) < 4.78 is 1.14. The standard InChI is InChI=1S/C12H19BrN2/c1-14-8-3-4-9-15(2)12-7-5-6-11(13)10-12/h5-7,10,14H,3-4,8-9H2,1-2H3. The molecule has 0 atom stereocenters. The van der Waals surface area contributed by atoms with E-state index < -0.39 is 0 Å². The molecule has 3 heteroatoms. The van der Waals surface area contributed by atoms with Gasteiger partial charge in [-0.15, -0.1) is 0 Å². The van der Waals surface area contributed by atoms with Crippen molar-refractivity contribution in [1.29, 1.82) is 0 Å². The zero-order valence-corrected chi connectivity index (χ0v) is 11.0. The number of nitrogens with zero attached hydrogens (tertiary/aromatic N) is 1. The zero-order chi connectivity index (χ0) is 11.1. The van der Waals surface area contributed by atoms with Gasteiger partial charge in [-0.2, -0.15) is 0 Å². The maximum absolute atomic E-state index is 3.49. The molecule has 0 saturated carbocycles. The second-order valence-electron chi connectivity index (χ2n) is 3.71. The number of hydrogen-bond donors (Lipinski definition) is 1. The average Bonchev–Trinajstić information content (AvgIpc) is 2.24. The van der Waals surface area contributed by atoms with Gasteiger partial charge in [0.25, 0.3) is 0 Å². The van der Waals surface area contributed by atoms with E-state index in [0.29, 0.717) is 0 Å². The van der Waals surface area contributed by atoms with Crippen molar-refractivity contribution < 1.29 is 0 Å². The van der Waals surface area contributed by atoms with Gasteiger partial charge in [0, 0.05) is 23.8 Å². The van der Waals surface area contributed by atoms with Gasteiger partial charge in [0.1, 0.15) is 0 Å². The highest BCUT2D eigenvalue weighted by Crippen LogP contribution is 2.18. The maximum Gasteiger partial charge on any atom is 0.0374 e. The van der Waals surface area contributed by atoms with Crippen LogP contribution in [0.4, 0.5) is 5.69 Å². The summed E-state index contributed by atoms with van der Waals surface area (Å²) in [5, 5.41) is 3.16. The number of benzene rings is 1. The van der Waals surface area contributed by atoms with Crippen molar-refractivity contribution in [2.45, 2.75) is 12.8 Å². The second kappa shape index (κ2) is 6.85. The van der Waals surface area contributed by atoms with E-state index in [2.05, 4.69) is 57.5 Å². The van der Waals surface area contributed by atoms with Crippen LogP contribution in [0.25, 0.3) is 0 Å². The molecule has 2 nitrogen and oxygen atoms in total. The predicted octanol–water partition coefficient (Wildman–Crippen LogP) is 2.88. The average molecular weight is 271 g/mol. The first-order valence-corrected chi connectivity index (χ1v) is 6.14. The van der Waals surface area contributed by atoms with Crippen LogP contribution in [0.1, 0.15) is 12.8 Å². The molecule has 0 bridgehead atoms. The quantitative estimate of drug-likeness (QED) is 0.800. The molecule has 15 heavy (non-hydrogen) atoms. The fourth-order valence-electron chi connectivity index (χ4n) is 1.49. The van der Waals surface area contributed by atoms with Crippen LogP contribution in [0, 0.1) is 0 Å². The number of unbranched alkanes of at least 4 members (excludes halogenated alkanes) is 1. The topological polar surface area (TPSA) is 15.3 Å². The molecule has 84 valence electrons. The van der Waals surface area contributed by atoms with Crippen molar-refractivity contribution in [2.75, 3.05) is 32.1 Å². The molecule has 1 rings (SSSR count). The van der Waals surface area contributed by atoms with Crippen molar-refractivity contribution in [1.82, 2.24) is 5.32 Å². The molecule has 0 heterocycles. The third-order valence-corrected chi connectivity index (χ3v) is 2.91. The summed E-state index contributed by atoms with van der Waals surface area (Å²) in [5.74, 6) is 0. The first-order valence-electron chi connectivity index (χ1n) is 5.35. The fourth-order valence-corrected chi connectivity index (χ4v) is 1.88. The molecule has 0 saturated heterocycles. The Balaban J connectivity index is 2.36. The van der Waals surface area contributed by atoms with Crippen LogP contribution < -0.4 is 10.2 Å². The lowest BCUT2D eigenvalue weighted by Gasteiger charge is -2.19. The van der Waals surface area contributed by atoms with Gasteiger partial charge in [-0.1, -0.05) is 22.0 Å². The number of rotatable bonds is 6. The Morgan fingerprint density at radius 1 is 1.33 bits per heavy atom. The van der Waals surface area contributed by atoms with Crippen LogP contribution in [0.3, 0.4) is 0 Å². The summed E-state index contributed by atoms with van der Waals surface area (Å²) in [6.45, 7) is 2.21. The van der Waals surface area contributed by atoms with E-state index in [1.165, 1.54) is 18.5 Å². The molecule has 0 aliphatic heterocycles. The molecular formula is C12H19BrN2. The lowest BCUT2D eigenvalue weighted by Crippen LogP contribution is -2.19. The number of nitrogens with one attached hydrogen (secondary N) is 1. The van der Waals surface area contributed by atoms with Crippen LogP contribution in [0.2, 0.25) is 0 Å². The van der Waals surface area contributed by atoms with Gasteiger partial charge in [0.2, 0.25) is 0 Å². The molecule has 0 aliphatic carbocycles. The molecule has 0 fully saturated rings. The molecule has 0 aliphatic rings. The van der Waals surface area contributed by atoms with E-state index in [1.807, 2.05) is 7.05 Å². The van der Waals surface area contributed by atoms with Gasteiger partial charge in [-0.25, -0.2) is 0 Å². The lowest BCUT2D eigenvalue weighted by molar-refractivity contribution is 0.671. The third kappa shape index (κ3) is 4.67. The molecular weight excluding hydrogens is 252 g/mol. The van der Waals surface area contributed by atoms with E-state index in [1.54, 1.807) is 0 Å². The largest absolute Gasteiger partial charge is 0.375 e. The van der Waals surface area contributed by atoms with Gasteiger partial charge in [-0.05, 0) is 44.6 Å². The molecule has 1 N–H and O–H groups in total. The third-order valence-electron chi connectivity index (χ3n) is 2.42. The SMILES string of the molecule is CNCCCCN(C)c1cccc(Br)c1. The van der Waals surface area contributed by atoms with Crippen molar-refractivity contribution in [3.63, 3.8) is 0 Å². The number of hydrogen-bond acceptors (Lipinski definition) is 2. The molecule has 0 amide bonds. The van der Waals surface area contributed by atoms with Gasteiger partial charge in [0.15, 0.2) is 0 Å². The van der Waals surface area contributed by atoms with Gasteiger partial charge in [0.05, 0.1) is 0 Å². The normalized spacial score (nSPS) is 10.3. The van der Waals surface area contributed by atoms with Crippen LogP contribution in [0.5, 0.6) is 0 Å². The minimum Gasteiger partial charge on any atom is -0.375 e. The highest BCUT2D eigenvalue weighted by molar-refractivity contribution is 9.10. The Morgan fingerprint density at radius 2 is 2.13 bits per heavy atom. The lowest BCUT2D eigenvalue weighted by atomic mass is 10.2. The van der Waals surface area contributed by atoms with Gasteiger partial charge < -0.3 is 10.2 Å². The Morgan fingerprint density at radius 3 is 2.80 bits per heavy atom. The Bertz CT molecular complexity index is 289. The van der Waals surface area contributed by atoms with Crippen LogP contribution in [-0.2, 0) is 0 Å². The van der Waals surface area contributed by atoms with Crippen molar-refractivity contribution >= 4 is 21.6 Å². The molecule has 0 aromatic heterocycles. The molecule has 0 radical (unpaired) electrons. The van der Waals surface area contributed by atoms with Crippen molar-refractivity contribution in [3.05, 3.63) is 28.7 Å². The van der Waals surface area contributed by atoms with Gasteiger partial charge >= 0.3 is 0 Å². The summed E-state index contributed by atoms with van der Waals surface area (Å²) in [7, 11) is 4.14. The Kier molecular flexibility index (Phi) is 5.73. The molecule has 0 unspecified atom stereocenters. The van der Waals surface area contributed by atoms with E-state index in [9.17, 15) is 0 Å². The van der Waals surface area contributed by atoms with Gasteiger partial charge in [-0.3, -0.25) is 0 Å². The fraction of sp³-hybridized carbons (Fsp3) is 0.500. The number of anilines is 1. The van der Waals surface area contributed by atoms with E-state index in [4.69, 9.17) is 0 Å². The summed E-state index contributed by atoms with van der Waals surface area (Å²) in [4.78, 5) is 2.29. The van der Waals surface area contributed by atoms with E-state index in [0.717, 1.165) is 17.6 Å². The smallest absolute Gasteiger partial charge is 0.0374 e. The van der Waals surface area contributed by atoms with Crippen LogP contribution in [-0.4, -0.2) is 27.2 Å². The minimum absolute atomic E-state index is 1.10. The summed E-state index contributed by atoms with van der Waals surface area (Å²) in [6, 6.07) is 8.42. The maximum atomic E-state index is 3.49. The van der Waals surface area contributed by atoms with E-state index in [-0.39, 0.29) is 0 Å². The predicted molar refractivity (Wildman–Crippen MR) is 70.6 cm³/mol. The highest BCUT2D eigenvalue weighted by atomic mass is 79.9. The molecule has 0 spiro atoms. The van der Waals surface area contributed by atoms with Crippen molar-refractivity contribution in [2.24, 2.45) is 0 Å². The molecule has 1 aromatic rings. The monoisotopic (exact) mass is 270 g/mol. The Labute approximate surface area is 101 Å². The summed E-state index contributed by atoms with van der Waals surface area (Å²) in [6.07, 6.45) is 2.46. The highest BCUT2D eigenvalue weighted by Gasteiger charge is 2.00. The van der Waals surface area contributed by atoms with Crippen LogP contribution in [0.15, 0.2) is 28.7 Å². The second-order valence-corrected chi connectivity index (χ2v) is 4.63. The first kappa shape index (κ1) is 12.5. The zero-order valence-electron chi connectivity index (χ0n) is 9.46. The molecule has 1 aromatic carbocycles. The van der Waals surface area contributed by atoms with Crippen LogP contribution >= 0.6 is 15.9 Å². The summed E-state index contributed by atoms with van der Waals surface area (Å²) in [5.41, 5.74) is 1.27. The number of halogens is 1. The van der Waals surface area contributed by atoms with Crippen molar-refractivity contribution in [3.8, 4) is 0 Å². The van der Waals surface area contributed by atoms with E-state index >= 15 is 0 Å². The first-order chi connectivity index (χ1) is 7.24.